The van der Waals surface area contributed by atoms with Crippen molar-refractivity contribution in [2.45, 2.75) is 18.7 Å². The molecule has 0 spiro atoms. The summed E-state index contributed by atoms with van der Waals surface area (Å²) in [7, 11) is -4.61. The number of sulfonamides is 1. The molecule has 1 heterocycles. The monoisotopic (exact) mass is 305 g/mol. The number of hydrogen-bond acceptors (Lipinski definition) is 5. The second-order valence-corrected chi connectivity index (χ2v) is 7.31. The third kappa shape index (κ3) is 4.88. The molecule has 0 aliphatic carbocycles. The maximum absolute atomic E-state index is 12.1. The van der Waals surface area contributed by atoms with Crippen LogP contribution in [0.1, 0.15) is 13.8 Å². The number of nitrogens with one attached hydrogen (secondary N) is 2. The molecule has 0 radical (unpaired) electrons. The van der Waals surface area contributed by atoms with Crippen LogP contribution in [0, 0.1) is 0 Å². The minimum absolute atomic E-state index is 0.110. The van der Waals surface area contributed by atoms with Gasteiger partial charge in [0.1, 0.15) is 10.7 Å². The van der Waals surface area contributed by atoms with Gasteiger partial charge in [0.05, 0.1) is 0 Å². The zero-order chi connectivity index (χ0) is 14.3. The van der Waals surface area contributed by atoms with Crippen LogP contribution in [-0.4, -0.2) is 42.2 Å². The van der Waals surface area contributed by atoms with Crippen molar-refractivity contribution in [3.05, 3.63) is 18.3 Å². The van der Waals surface area contributed by atoms with Gasteiger partial charge in [-0.15, -0.1) is 0 Å². The van der Waals surface area contributed by atoms with E-state index in [0.717, 1.165) is 0 Å². The zero-order valence-electron chi connectivity index (χ0n) is 11.0. The van der Waals surface area contributed by atoms with E-state index >= 15 is 0 Å². The molecule has 0 saturated heterocycles. The van der Waals surface area contributed by atoms with Crippen molar-refractivity contribution in [1.82, 2.24) is 9.71 Å². The minimum Gasteiger partial charge on any atom is -0.369 e. The van der Waals surface area contributed by atoms with Crippen molar-refractivity contribution < 1.29 is 12.6 Å². The average Bonchev–Trinajstić information content (AvgIpc) is 2.39. The second kappa shape index (κ2) is 7.56. The Hall–Kier alpha value is -0.990. The maximum Gasteiger partial charge on any atom is 0.244 e. The summed E-state index contributed by atoms with van der Waals surface area (Å²) in [5.74, 6) is 1.16. The summed E-state index contributed by atoms with van der Waals surface area (Å²) in [5, 5.41) is 2.90. The van der Waals surface area contributed by atoms with Gasteiger partial charge in [0.25, 0.3) is 0 Å². The first kappa shape index (κ1) is 16.1. The number of rotatable bonds is 8. The molecule has 1 unspecified atom stereocenters. The van der Waals surface area contributed by atoms with E-state index < -0.39 is 20.8 Å². The van der Waals surface area contributed by atoms with Gasteiger partial charge in [0, 0.05) is 41.6 Å². The molecule has 0 aliphatic heterocycles. The molecule has 0 aromatic carbocycles. The van der Waals surface area contributed by atoms with Gasteiger partial charge in [-0.3, -0.25) is 4.21 Å². The standard InChI is InChI=1S/C11H19N3O3S2/c1-3-12-11-10(6-5-7-13-11)19(16,17)14-8-9-18(15)4-2/h5-7,14H,3-4,8-9H2,1-2H3,(H,12,13). The Kier molecular flexibility index (Phi) is 6.40. The van der Waals surface area contributed by atoms with Crippen LogP contribution in [0.4, 0.5) is 5.82 Å². The van der Waals surface area contributed by atoms with Crippen LogP contribution < -0.4 is 10.0 Å². The van der Waals surface area contributed by atoms with Crippen molar-refractivity contribution in [1.29, 1.82) is 0 Å². The molecule has 2 N–H and O–H groups in total. The SMILES string of the molecule is CCNc1ncccc1S(=O)(=O)NCCS(=O)CC. The third-order valence-electron chi connectivity index (χ3n) is 2.35. The number of hydrogen-bond donors (Lipinski definition) is 2. The van der Waals surface area contributed by atoms with Crippen LogP contribution in [-0.2, 0) is 20.8 Å². The van der Waals surface area contributed by atoms with Gasteiger partial charge in [-0.25, -0.2) is 18.1 Å². The average molecular weight is 305 g/mol. The number of nitrogens with zero attached hydrogens (tertiary/aromatic N) is 1. The van der Waals surface area contributed by atoms with E-state index in [1.54, 1.807) is 13.0 Å². The van der Waals surface area contributed by atoms with E-state index in [1.165, 1.54) is 12.3 Å². The predicted octanol–water partition coefficient (Wildman–Crippen LogP) is 0.560. The first-order valence-electron chi connectivity index (χ1n) is 6.04. The highest BCUT2D eigenvalue weighted by Crippen LogP contribution is 2.17. The van der Waals surface area contributed by atoms with Crippen LogP contribution >= 0.6 is 0 Å². The lowest BCUT2D eigenvalue weighted by Crippen LogP contribution is -2.29. The number of pyridine rings is 1. The fraction of sp³-hybridized carbons (Fsp3) is 0.545. The van der Waals surface area contributed by atoms with Gasteiger partial charge in [-0.05, 0) is 19.1 Å². The summed E-state index contributed by atoms with van der Waals surface area (Å²) >= 11 is 0. The van der Waals surface area contributed by atoms with Crippen LogP contribution in [0.5, 0.6) is 0 Å². The Labute approximate surface area is 116 Å². The Balaban J connectivity index is 2.79. The van der Waals surface area contributed by atoms with Crippen molar-refractivity contribution in [2.24, 2.45) is 0 Å². The molecule has 1 atom stereocenters. The highest BCUT2D eigenvalue weighted by atomic mass is 32.2. The first-order valence-corrected chi connectivity index (χ1v) is 9.02. The smallest absolute Gasteiger partial charge is 0.244 e. The van der Waals surface area contributed by atoms with E-state index in [-0.39, 0.29) is 11.4 Å². The Morgan fingerprint density at radius 1 is 1.37 bits per heavy atom. The molecule has 0 amide bonds. The first-order chi connectivity index (χ1) is 9.01. The molecular formula is C11H19N3O3S2. The molecule has 0 fully saturated rings. The molecular weight excluding hydrogens is 286 g/mol. The lowest BCUT2D eigenvalue weighted by atomic mass is 10.4. The molecule has 8 heteroatoms. The minimum atomic E-state index is -3.63. The lowest BCUT2D eigenvalue weighted by molar-refractivity contribution is 0.584. The van der Waals surface area contributed by atoms with Gasteiger partial charge >= 0.3 is 0 Å². The van der Waals surface area contributed by atoms with Crippen LogP contribution in [0.25, 0.3) is 0 Å². The largest absolute Gasteiger partial charge is 0.369 e. The summed E-state index contributed by atoms with van der Waals surface area (Å²) < 4.78 is 37.9. The molecule has 0 saturated carbocycles. The quantitative estimate of drug-likeness (QED) is 0.733. The van der Waals surface area contributed by atoms with E-state index in [0.29, 0.717) is 23.9 Å². The summed E-state index contributed by atoms with van der Waals surface area (Å²) in [6, 6.07) is 3.06. The van der Waals surface area contributed by atoms with E-state index in [1.807, 2.05) is 6.92 Å². The van der Waals surface area contributed by atoms with Gasteiger partial charge in [-0.1, -0.05) is 6.92 Å². The Bertz CT molecular complexity index is 532. The van der Waals surface area contributed by atoms with Crippen molar-refractivity contribution in [2.75, 3.05) is 29.9 Å². The predicted molar refractivity (Wildman–Crippen MR) is 77.1 cm³/mol. The van der Waals surface area contributed by atoms with Gasteiger partial charge in [0.15, 0.2) is 0 Å². The molecule has 19 heavy (non-hydrogen) atoms. The fourth-order valence-corrected chi connectivity index (χ4v) is 3.33. The molecule has 1 aromatic rings. The third-order valence-corrected chi connectivity index (χ3v) is 5.14. The van der Waals surface area contributed by atoms with E-state index in [2.05, 4.69) is 15.0 Å². The van der Waals surface area contributed by atoms with Gasteiger partial charge in [0.2, 0.25) is 10.0 Å². The Morgan fingerprint density at radius 3 is 2.74 bits per heavy atom. The van der Waals surface area contributed by atoms with Crippen LogP contribution in [0.3, 0.4) is 0 Å². The molecule has 108 valence electrons. The van der Waals surface area contributed by atoms with E-state index in [9.17, 15) is 12.6 Å². The van der Waals surface area contributed by atoms with Gasteiger partial charge in [-0.2, -0.15) is 0 Å². The fourth-order valence-electron chi connectivity index (χ4n) is 1.42. The van der Waals surface area contributed by atoms with Crippen molar-refractivity contribution >= 4 is 26.6 Å². The normalized spacial score (nSPS) is 13.2. The number of anilines is 1. The maximum atomic E-state index is 12.1. The second-order valence-electron chi connectivity index (χ2n) is 3.71. The van der Waals surface area contributed by atoms with Crippen LogP contribution in [0.2, 0.25) is 0 Å². The zero-order valence-corrected chi connectivity index (χ0v) is 12.7. The van der Waals surface area contributed by atoms with Crippen LogP contribution in [0.15, 0.2) is 23.2 Å². The summed E-state index contributed by atoms with van der Waals surface area (Å²) in [6.45, 7) is 4.40. The highest BCUT2D eigenvalue weighted by Gasteiger charge is 2.18. The molecule has 1 rings (SSSR count). The molecule has 1 aromatic heterocycles. The van der Waals surface area contributed by atoms with Crippen molar-refractivity contribution in [3.63, 3.8) is 0 Å². The Morgan fingerprint density at radius 2 is 2.11 bits per heavy atom. The summed E-state index contributed by atoms with van der Waals surface area (Å²) in [6.07, 6.45) is 1.53. The van der Waals surface area contributed by atoms with Crippen molar-refractivity contribution in [3.8, 4) is 0 Å². The summed E-state index contributed by atoms with van der Waals surface area (Å²) in [5.41, 5.74) is 0. The topological polar surface area (TPSA) is 88.2 Å². The highest BCUT2D eigenvalue weighted by molar-refractivity contribution is 7.89. The van der Waals surface area contributed by atoms with E-state index in [4.69, 9.17) is 0 Å². The molecule has 0 aliphatic rings. The molecule has 0 bridgehead atoms. The lowest BCUT2D eigenvalue weighted by Gasteiger charge is -2.10. The molecule has 6 nitrogen and oxygen atoms in total. The summed E-state index contributed by atoms with van der Waals surface area (Å²) in [4.78, 5) is 4.11. The van der Waals surface area contributed by atoms with Gasteiger partial charge < -0.3 is 5.32 Å². The number of aromatic nitrogens is 1.